The van der Waals surface area contributed by atoms with E-state index in [1.165, 1.54) is 11.8 Å². The minimum absolute atomic E-state index is 0.206. The second-order valence-electron chi connectivity index (χ2n) is 4.76. The third-order valence-electron chi connectivity index (χ3n) is 3.15. The molecule has 0 spiro atoms. The average molecular weight is 323 g/mol. The minimum Gasteiger partial charge on any atom is -0.298 e. The highest BCUT2D eigenvalue weighted by Crippen LogP contribution is 2.22. The molecule has 0 N–H and O–H groups in total. The number of benzene rings is 1. The first-order chi connectivity index (χ1) is 10.1. The number of hydrogen-bond acceptors (Lipinski definition) is 3. The van der Waals surface area contributed by atoms with Crippen molar-refractivity contribution in [3.05, 3.63) is 46.7 Å². The first kappa shape index (κ1) is 16.1. The number of nitrogens with zero attached hydrogens (tertiary/aromatic N) is 2. The zero-order chi connectivity index (χ0) is 15.2. The van der Waals surface area contributed by atoms with Gasteiger partial charge in [-0.05, 0) is 37.6 Å². The number of carbonyl (C=O) groups excluding carboxylic acids is 1. The molecule has 0 bridgehead atoms. The fourth-order valence-corrected chi connectivity index (χ4v) is 3.15. The fraction of sp³-hybridized carbons (Fsp3) is 0.375. The molecule has 0 radical (unpaired) electrons. The molecule has 0 amide bonds. The second kappa shape index (κ2) is 7.66. The topological polar surface area (TPSA) is 34.9 Å². The summed E-state index contributed by atoms with van der Waals surface area (Å²) in [4.78, 5) is 13.2. The number of aryl methyl sites for hydroxylation is 2. The van der Waals surface area contributed by atoms with Crippen molar-refractivity contribution in [1.29, 1.82) is 0 Å². The summed E-state index contributed by atoms with van der Waals surface area (Å²) in [5.74, 6) is 0.661. The molecule has 1 aromatic heterocycles. The van der Waals surface area contributed by atoms with Gasteiger partial charge in [0.05, 0.1) is 11.4 Å². The highest BCUT2D eigenvalue weighted by atomic mass is 35.5. The van der Waals surface area contributed by atoms with E-state index in [2.05, 4.69) is 12.0 Å². The second-order valence-corrected chi connectivity index (χ2v) is 6.24. The molecule has 3 nitrogen and oxygen atoms in total. The lowest BCUT2D eigenvalue weighted by Crippen LogP contribution is -2.11. The van der Waals surface area contributed by atoms with Crippen LogP contribution in [0.15, 0.2) is 35.2 Å². The van der Waals surface area contributed by atoms with Gasteiger partial charge in [-0.3, -0.25) is 9.48 Å². The van der Waals surface area contributed by atoms with Crippen molar-refractivity contribution >= 4 is 29.1 Å². The highest BCUT2D eigenvalue weighted by Gasteiger charge is 2.11. The molecule has 0 atom stereocenters. The van der Waals surface area contributed by atoms with Gasteiger partial charge in [-0.25, -0.2) is 0 Å². The molecule has 5 heteroatoms. The summed E-state index contributed by atoms with van der Waals surface area (Å²) in [6.45, 7) is 4.91. The predicted octanol–water partition coefficient (Wildman–Crippen LogP) is 4.02. The van der Waals surface area contributed by atoms with Gasteiger partial charge in [0, 0.05) is 28.6 Å². The normalized spacial score (nSPS) is 10.8. The summed E-state index contributed by atoms with van der Waals surface area (Å²) in [5.41, 5.74) is 2.05. The van der Waals surface area contributed by atoms with Crippen LogP contribution in [0.2, 0.25) is 5.02 Å². The smallest absolute Gasteiger partial charge is 0.149 e. The lowest BCUT2D eigenvalue weighted by atomic mass is 10.2. The molecule has 1 aromatic carbocycles. The van der Waals surface area contributed by atoms with Crippen LogP contribution in [0.5, 0.6) is 0 Å². The van der Waals surface area contributed by atoms with Crippen LogP contribution in [-0.2, 0) is 24.2 Å². The number of hydrogen-bond donors (Lipinski definition) is 0. The maximum Gasteiger partial charge on any atom is 0.149 e. The molecule has 112 valence electrons. The largest absolute Gasteiger partial charge is 0.298 e. The molecule has 21 heavy (non-hydrogen) atoms. The van der Waals surface area contributed by atoms with E-state index >= 15 is 0 Å². The molecule has 0 aliphatic carbocycles. The van der Waals surface area contributed by atoms with Gasteiger partial charge in [0.15, 0.2) is 0 Å². The van der Waals surface area contributed by atoms with Crippen molar-refractivity contribution in [2.45, 2.75) is 38.1 Å². The van der Waals surface area contributed by atoms with Crippen molar-refractivity contribution in [2.75, 3.05) is 5.75 Å². The Morgan fingerprint density at radius 3 is 2.81 bits per heavy atom. The van der Waals surface area contributed by atoms with Crippen LogP contribution in [0.3, 0.4) is 0 Å². The van der Waals surface area contributed by atoms with Crippen LogP contribution in [0.1, 0.15) is 25.2 Å². The molecule has 2 rings (SSSR count). The monoisotopic (exact) mass is 322 g/mol. The van der Waals surface area contributed by atoms with E-state index in [-0.39, 0.29) is 5.78 Å². The zero-order valence-electron chi connectivity index (χ0n) is 12.3. The highest BCUT2D eigenvalue weighted by molar-refractivity contribution is 8.00. The number of halogens is 1. The van der Waals surface area contributed by atoms with Gasteiger partial charge < -0.3 is 0 Å². The average Bonchev–Trinajstić information content (AvgIpc) is 2.87. The van der Waals surface area contributed by atoms with E-state index < -0.39 is 0 Å². The number of thioether (sulfide) groups is 1. The van der Waals surface area contributed by atoms with E-state index in [1.807, 2.05) is 41.9 Å². The Morgan fingerprint density at radius 2 is 2.14 bits per heavy atom. The molecule has 1 heterocycles. The molecular formula is C16H19ClN2OS. The van der Waals surface area contributed by atoms with Crippen LogP contribution in [-0.4, -0.2) is 21.3 Å². The Morgan fingerprint density at radius 1 is 1.33 bits per heavy atom. The first-order valence-corrected chi connectivity index (χ1v) is 8.44. The summed E-state index contributed by atoms with van der Waals surface area (Å²) in [5, 5.41) is 5.17. The van der Waals surface area contributed by atoms with E-state index in [0.717, 1.165) is 29.2 Å². The molecule has 0 saturated carbocycles. The third-order valence-corrected chi connectivity index (χ3v) is 4.44. The Labute approximate surface area is 134 Å². The number of carbonyl (C=O) groups is 1. The standard InChI is InChI=1S/C16H19ClN2OS/c1-3-13-9-14(19(4-2)18-13)10-15(20)11-21-16-7-5-6-12(17)8-16/h5-9H,3-4,10-11H2,1-2H3. The SMILES string of the molecule is CCc1cc(CC(=O)CSc2cccc(Cl)c2)n(CC)n1. The van der Waals surface area contributed by atoms with Crippen molar-refractivity contribution in [1.82, 2.24) is 9.78 Å². The van der Waals surface area contributed by atoms with Crippen LogP contribution in [0.4, 0.5) is 0 Å². The molecular weight excluding hydrogens is 304 g/mol. The van der Waals surface area contributed by atoms with Crippen LogP contribution in [0.25, 0.3) is 0 Å². The van der Waals surface area contributed by atoms with Crippen molar-refractivity contribution < 1.29 is 4.79 Å². The van der Waals surface area contributed by atoms with Gasteiger partial charge in [0.2, 0.25) is 0 Å². The van der Waals surface area contributed by atoms with Gasteiger partial charge in [-0.1, -0.05) is 24.6 Å². The number of rotatable bonds is 7. The number of ketones is 1. The zero-order valence-corrected chi connectivity index (χ0v) is 13.9. The molecule has 2 aromatic rings. The van der Waals surface area contributed by atoms with Gasteiger partial charge in [-0.15, -0.1) is 11.8 Å². The van der Waals surface area contributed by atoms with Crippen molar-refractivity contribution in [2.24, 2.45) is 0 Å². The van der Waals surface area contributed by atoms with Crippen LogP contribution < -0.4 is 0 Å². The Kier molecular flexibility index (Phi) is 5.88. The maximum absolute atomic E-state index is 12.1. The van der Waals surface area contributed by atoms with Gasteiger partial charge in [0.25, 0.3) is 0 Å². The summed E-state index contributed by atoms with van der Waals surface area (Å²) >= 11 is 7.46. The van der Waals surface area contributed by atoms with E-state index in [1.54, 1.807) is 0 Å². The van der Waals surface area contributed by atoms with E-state index in [9.17, 15) is 4.79 Å². The lowest BCUT2D eigenvalue weighted by molar-refractivity contribution is -0.116. The quantitative estimate of drug-likeness (QED) is 0.722. The van der Waals surface area contributed by atoms with Gasteiger partial charge >= 0.3 is 0 Å². The molecule has 0 unspecified atom stereocenters. The summed E-state index contributed by atoms with van der Waals surface area (Å²) in [6, 6.07) is 9.61. The van der Waals surface area contributed by atoms with Gasteiger partial charge in [0.1, 0.15) is 5.78 Å². The summed E-state index contributed by atoms with van der Waals surface area (Å²) in [6.07, 6.45) is 1.33. The van der Waals surface area contributed by atoms with Crippen molar-refractivity contribution in [3.8, 4) is 0 Å². The number of aromatic nitrogens is 2. The lowest BCUT2D eigenvalue weighted by Gasteiger charge is -2.04. The van der Waals surface area contributed by atoms with Crippen LogP contribution in [0, 0.1) is 0 Å². The summed E-state index contributed by atoms with van der Waals surface area (Å²) in [7, 11) is 0. The van der Waals surface area contributed by atoms with E-state index in [0.29, 0.717) is 17.2 Å². The predicted molar refractivity (Wildman–Crippen MR) is 88.2 cm³/mol. The Balaban J connectivity index is 1.94. The van der Waals surface area contributed by atoms with E-state index in [4.69, 9.17) is 11.6 Å². The van der Waals surface area contributed by atoms with Crippen LogP contribution >= 0.6 is 23.4 Å². The molecule has 0 aliphatic heterocycles. The summed E-state index contributed by atoms with van der Waals surface area (Å²) < 4.78 is 1.92. The first-order valence-electron chi connectivity index (χ1n) is 7.08. The molecule has 0 fully saturated rings. The minimum atomic E-state index is 0.206. The third kappa shape index (κ3) is 4.61. The molecule has 0 aliphatic rings. The number of Topliss-reactive ketones (excluding diaryl/α,β-unsaturated/α-hetero) is 1. The Hall–Kier alpha value is -1.26. The maximum atomic E-state index is 12.1. The fourth-order valence-electron chi connectivity index (χ4n) is 2.08. The van der Waals surface area contributed by atoms with Crippen molar-refractivity contribution in [3.63, 3.8) is 0 Å². The van der Waals surface area contributed by atoms with Gasteiger partial charge in [-0.2, -0.15) is 5.10 Å². The molecule has 0 saturated heterocycles. The Bertz CT molecular complexity index is 624.